The van der Waals surface area contributed by atoms with Crippen LogP contribution in [-0.2, 0) is 9.59 Å². The molecule has 0 radical (unpaired) electrons. The Kier molecular flexibility index (Phi) is 9.09. The standard InChI is InChI=1S/C31H32N2O5S/c1-20(2)26-14-7-22(4)17-27(26)37-16-15-33-30(35)28(39-31(33)36)18-23-8-12-25(13-9-23)38-19-29(34)32-24-10-5-21(3)6-11-24/h5-14,17-18,20H,15-16,19H2,1-4H3,(H,32,34)/b28-18-. The van der Waals surface area contributed by atoms with Gasteiger partial charge in [0.25, 0.3) is 17.1 Å². The van der Waals surface area contributed by atoms with Gasteiger partial charge in [0.1, 0.15) is 18.1 Å². The van der Waals surface area contributed by atoms with E-state index < -0.39 is 0 Å². The van der Waals surface area contributed by atoms with Gasteiger partial charge in [-0.1, -0.05) is 55.8 Å². The molecule has 202 valence electrons. The summed E-state index contributed by atoms with van der Waals surface area (Å²) in [5.74, 6) is 1.00. The fourth-order valence-electron chi connectivity index (χ4n) is 3.98. The molecule has 0 aliphatic carbocycles. The second kappa shape index (κ2) is 12.7. The van der Waals surface area contributed by atoms with Gasteiger partial charge < -0.3 is 14.8 Å². The van der Waals surface area contributed by atoms with Gasteiger partial charge in [-0.3, -0.25) is 19.3 Å². The van der Waals surface area contributed by atoms with Crippen molar-refractivity contribution in [1.29, 1.82) is 0 Å². The van der Waals surface area contributed by atoms with E-state index in [4.69, 9.17) is 9.47 Å². The number of aryl methyl sites for hydroxylation is 2. The minimum atomic E-state index is -0.338. The number of hydrogen-bond acceptors (Lipinski definition) is 6. The van der Waals surface area contributed by atoms with Crippen molar-refractivity contribution >= 4 is 40.6 Å². The second-order valence-electron chi connectivity index (χ2n) is 9.65. The van der Waals surface area contributed by atoms with E-state index in [0.29, 0.717) is 22.3 Å². The molecule has 39 heavy (non-hydrogen) atoms. The summed E-state index contributed by atoms with van der Waals surface area (Å²) < 4.78 is 11.5. The third-order valence-corrected chi connectivity index (χ3v) is 7.03. The number of benzene rings is 3. The van der Waals surface area contributed by atoms with E-state index in [1.807, 2.05) is 50.2 Å². The van der Waals surface area contributed by atoms with Crippen LogP contribution < -0.4 is 14.8 Å². The fourth-order valence-corrected chi connectivity index (χ4v) is 4.84. The zero-order valence-electron chi connectivity index (χ0n) is 22.5. The van der Waals surface area contributed by atoms with Gasteiger partial charge in [-0.2, -0.15) is 0 Å². The summed E-state index contributed by atoms with van der Waals surface area (Å²) in [6, 6.07) is 20.6. The van der Waals surface area contributed by atoms with Crippen molar-refractivity contribution in [3.63, 3.8) is 0 Å². The van der Waals surface area contributed by atoms with Crippen LogP contribution in [-0.4, -0.2) is 41.7 Å². The largest absolute Gasteiger partial charge is 0.491 e. The van der Waals surface area contributed by atoms with Gasteiger partial charge in [0.2, 0.25) is 0 Å². The zero-order chi connectivity index (χ0) is 27.9. The van der Waals surface area contributed by atoms with Crippen molar-refractivity contribution < 1.29 is 23.9 Å². The predicted molar refractivity (Wildman–Crippen MR) is 155 cm³/mol. The number of thioether (sulfide) groups is 1. The van der Waals surface area contributed by atoms with E-state index in [9.17, 15) is 14.4 Å². The van der Waals surface area contributed by atoms with Crippen LogP contribution in [0.3, 0.4) is 0 Å². The summed E-state index contributed by atoms with van der Waals surface area (Å²) in [4.78, 5) is 39.1. The SMILES string of the molecule is Cc1ccc(NC(=O)COc2ccc(/C=C3\SC(=O)N(CCOc4cc(C)ccc4C(C)C)C3=O)cc2)cc1. The first-order valence-corrected chi connectivity index (χ1v) is 13.6. The van der Waals surface area contributed by atoms with E-state index in [2.05, 4.69) is 25.2 Å². The minimum Gasteiger partial charge on any atom is -0.491 e. The third-order valence-electron chi connectivity index (χ3n) is 6.12. The lowest BCUT2D eigenvalue weighted by Crippen LogP contribution is -2.32. The molecule has 1 aliphatic heterocycles. The van der Waals surface area contributed by atoms with Gasteiger partial charge in [-0.05, 0) is 84.6 Å². The molecule has 3 aromatic rings. The highest BCUT2D eigenvalue weighted by Crippen LogP contribution is 2.33. The number of nitrogens with one attached hydrogen (secondary N) is 1. The zero-order valence-corrected chi connectivity index (χ0v) is 23.3. The van der Waals surface area contributed by atoms with Crippen LogP contribution in [0, 0.1) is 13.8 Å². The van der Waals surface area contributed by atoms with Crippen molar-refractivity contribution in [2.45, 2.75) is 33.6 Å². The van der Waals surface area contributed by atoms with Crippen LogP contribution in [0.4, 0.5) is 10.5 Å². The van der Waals surface area contributed by atoms with Gasteiger partial charge in [-0.15, -0.1) is 0 Å². The Hall–Kier alpha value is -4.04. The molecule has 4 rings (SSSR count). The van der Waals surface area contributed by atoms with Crippen molar-refractivity contribution in [3.8, 4) is 11.5 Å². The van der Waals surface area contributed by atoms with E-state index in [0.717, 1.165) is 39.8 Å². The quantitative estimate of drug-likeness (QED) is 0.291. The Morgan fingerprint density at radius 3 is 2.33 bits per heavy atom. The maximum absolute atomic E-state index is 12.9. The Balaban J connectivity index is 1.29. The highest BCUT2D eigenvalue weighted by molar-refractivity contribution is 8.18. The molecule has 3 amide bonds. The number of hydrogen-bond donors (Lipinski definition) is 1. The Morgan fingerprint density at radius 2 is 1.64 bits per heavy atom. The first-order valence-electron chi connectivity index (χ1n) is 12.8. The van der Waals surface area contributed by atoms with E-state index in [-0.39, 0.29) is 36.8 Å². The van der Waals surface area contributed by atoms with Gasteiger partial charge in [0.15, 0.2) is 6.61 Å². The van der Waals surface area contributed by atoms with E-state index >= 15 is 0 Å². The molecule has 8 heteroatoms. The summed E-state index contributed by atoms with van der Waals surface area (Å²) in [5, 5.41) is 2.47. The molecule has 0 saturated carbocycles. The molecule has 1 N–H and O–H groups in total. The summed E-state index contributed by atoms with van der Waals surface area (Å²) in [6.45, 7) is 8.44. The molecule has 0 atom stereocenters. The lowest BCUT2D eigenvalue weighted by Gasteiger charge is -2.17. The van der Waals surface area contributed by atoms with Gasteiger partial charge in [0.05, 0.1) is 11.4 Å². The Morgan fingerprint density at radius 1 is 0.949 bits per heavy atom. The van der Waals surface area contributed by atoms with E-state index in [1.165, 1.54) is 4.90 Å². The molecule has 3 aromatic carbocycles. The number of imide groups is 1. The van der Waals surface area contributed by atoms with Crippen molar-refractivity contribution in [2.75, 3.05) is 25.1 Å². The van der Waals surface area contributed by atoms with Crippen molar-refractivity contribution in [1.82, 2.24) is 4.90 Å². The van der Waals surface area contributed by atoms with Gasteiger partial charge in [0, 0.05) is 5.69 Å². The van der Waals surface area contributed by atoms with E-state index in [1.54, 1.807) is 30.3 Å². The van der Waals surface area contributed by atoms with Crippen LogP contribution >= 0.6 is 11.8 Å². The summed E-state index contributed by atoms with van der Waals surface area (Å²) >= 11 is 0.912. The van der Waals surface area contributed by atoms with Crippen LogP contribution in [0.5, 0.6) is 11.5 Å². The molecule has 0 spiro atoms. The maximum atomic E-state index is 12.9. The Bertz CT molecular complexity index is 1380. The molecule has 7 nitrogen and oxygen atoms in total. The van der Waals surface area contributed by atoms with Crippen LogP contribution in [0.15, 0.2) is 71.6 Å². The highest BCUT2D eigenvalue weighted by Gasteiger charge is 2.34. The highest BCUT2D eigenvalue weighted by atomic mass is 32.2. The minimum absolute atomic E-state index is 0.130. The number of carbonyl (C=O) groups excluding carboxylic acids is 3. The number of nitrogens with zero attached hydrogens (tertiary/aromatic N) is 1. The average Bonchev–Trinajstić information content (AvgIpc) is 3.17. The molecule has 0 unspecified atom stereocenters. The summed E-state index contributed by atoms with van der Waals surface area (Å²) in [5.41, 5.74) is 4.75. The van der Waals surface area contributed by atoms with Gasteiger partial charge >= 0.3 is 0 Å². The average molecular weight is 545 g/mol. The molecule has 1 saturated heterocycles. The van der Waals surface area contributed by atoms with Crippen LogP contribution in [0.25, 0.3) is 6.08 Å². The smallest absolute Gasteiger partial charge is 0.293 e. The van der Waals surface area contributed by atoms with Crippen molar-refractivity contribution in [2.24, 2.45) is 0 Å². The topological polar surface area (TPSA) is 84.9 Å². The molecule has 1 aliphatic rings. The van der Waals surface area contributed by atoms with Crippen LogP contribution in [0.2, 0.25) is 0 Å². The molecule has 0 aromatic heterocycles. The maximum Gasteiger partial charge on any atom is 0.293 e. The predicted octanol–water partition coefficient (Wildman–Crippen LogP) is 6.56. The number of amides is 3. The number of rotatable bonds is 10. The first-order chi connectivity index (χ1) is 18.7. The fraction of sp³-hybridized carbons (Fsp3) is 0.258. The number of anilines is 1. The normalized spacial score (nSPS) is 14.3. The van der Waals surface area contributed by atoms with Crippen molar-refractivity contribution in [3.05, 3.63) is 93.9 Å². The Labute approximate surface area is 233 Å². The summed E-state index contributed by atoms with van der Waals surface area (Å²) in [7, 11) is 0. The monoisotopic (exact) mass is 544 g/mol. The number of ether oxygens (including phenoxy) is 2. The molecular weight excluding hydrogens is 512 g/mol. The number of carbonyl (C=O) groups is 3. The first kappa shape index (κ1) is 28.0. The lowest BCUT2D eigenvalue weighted by molar-refractivity contribution is -0.123. The van der Waals surface area contributed by atoms with Gasteiger partial charge in [-0.25, -0.2) is 0 Å². The second-order valence-corrected chi connectivity index (χ2v) is 10.6. The lowest BCUT2D eigenvalue weighted by atomic mass is 10.0. The molecule has 0 bridgehead atoms. The summed E-state index contributed by atoms with van der Waals surface area (Å²) in [6.07, 6.45) is 1.68. The molecule has 1 heterocycles. The molecule has 1 fully saturated rings. The third kappa shape index (κ3) is 7.51. The molecular formula is C31H32N2O5S. The van der Waals surface area contributed by atoms with Crippen LogP contribution in [0.1, 0.15) is 42.0 Å².